The molecule has 0 fully saturated rings. The Labute approximate surface area is 129 Å². The summed E-state index contributed by atoms with van der Waals surface area (Å²) in [6.07, 6.45) is 0. The number of hydrogen-bond acceptors (Lipinski definition) is 3. The molecule has 1 amide bonds. The quantitative estimate of drug-likeness (QED) is 0.880. The van der Waals surface area contributed by atoms with Crippen LogP contribution >= 0.6 is 11.8 Å². The number of nitrogens with one attached hydrogen (secondary N) is 1. The van der Waals surface area contributed by atoms with E-state index >= 15 is 0 Å². The van der Waals surface area contributed by atoms with Crippen LogP contribution in [0.1, 0.15) is 23.9 Å². The lowest BCUT2D eigenvalue weighted by molar-refractivity contribution is -0.115. The molecule has 4 nitrogen and oxygen atoms in total. The van der Waals surface area contributed by atoms with Gasteiger partial charge in [0, 0.05) is 11.9 Å². The SMILES string of the molecule is Cc1ccccc1SC(C)C(=O)Nc1c(C)nn(C)c1C. The number of aromatic nitrogens is 2. The first kappa shape index (κ1) is 15.6. The van der Waals surface area contributed by atoms with Crippen molar-refractivity contribution in [2.24, 2.45) is 7.05 Å². The molecule has 0 aliphatic heterocycles. The second-order valence-electron chi connectivity index (χ2n) is 5.18. The van der Waals surface area contributed by atoms with Gasteiger partial charge in [-0.1, -0.05) is 18.2 Å². The summed E-state index contributed by atoms with van der Waals surface area (Å²) in [6.45, 7) is 7.84. The molecule has 1 unspecified atom stereocenters. The van der Waals surface area contributed by atoms with Crippen molar-refractivity contribution < 1.29 is 4.79 Å². The lowest BCUT2D eigenvalue weighted by atomic mass is 10.2. The number of benzene rings is 1. The van der Waals surface area contributed by atoms with Gasteiger partial charge in [0.15, 0.2) is 0 Å². The van der Waals surface area contributed by atoms with Gasteiger partial charge in [0.05, 0.1) is 22.3 Å². The Balaban J connectivity index is 2.08. The van der Waals surface area contributed by atoms with Crippen molar-refractivity contribution in [1.29, 1.82) is 0 Å². The maximum absolute atomic E-state index is 12.4. The van der Waals surface area contributed by atoms with E-state index in [0.29, 0.717) is 0 Å². The smallest absolute Gasteiger partial charge is 0.237 e. The molecule has 0 saturated heterocycles. The van der Waals surface area contributed by atoms with E-state index in [2.05, 4.69) is 23.4 Å². The van der Waals surface area contributed by atoms with Crippen molar-refractivity contribution in [2.45, 2.75) is 37.8 Å². The van der Waals surface area contributed by atoms with E-state index in [1.165, 1.54) is 5.56 Å². The zero-order valence-electron chi connectivity index (χ0n) is 13.1. The Bertz CT molecular complexity index is 664. The average molecular weight is 303 g/mol. The molecule has 0 aliphatic carbocycles. The fraction of sp³-hybridized carbons (Fsp3) is 0.375. The summed E-state index contributed by atoms with van der Waals surface area (Å²) >= 11 is 1.58. The first-order chi connectivity index (χ1) is 9.90. The van der Waals surface area contributed by atoms with Crippen LogP contribution in [0.4, 0.5) is 5.69 Å². The van der Waals surface area contributed by atoms with Crippen molar-refractivity contribution in [2.75, 3.05) is 5.32 Å². The number of thioether (sulfide) groups is 1. The summed E-state index contributed by atoms with van der Waals surface area (Å²) in [4.78, 5) is 13.5. The normalized spacial score (nSPS) is 12.2. The first-order valence-electron chi connectivity index (χ1n) is 6.93. The third-order valence-corrected chi connectivity index (χ3v) is 4.80. The number of rotatable bonds is 4. The summed E-state index contributed by atoms with van der Waals surface area (Å²) in [5.74, 6) is 0.00227. The molecule has 0 spiro atoms. The molecular formula is C16H21N3OS. The molecule has 5 heteroatoms. The number of amides is 1. The number of nitrogens with zero attached hydrogens (tertiary/aromatic N) is 2. The lowest BCUT2D eigenvalue weighted by Crippen LogP contribution is -2.23. The monoisotopic (exact) mass is 303 g/mol. The van der Waals surface area contributed by atoms with Crippen LogP contribution in [0.2, 0.25) is 0 Å². The van der Waals surface area contributed by atoms with E-state index < -0.39 is 0 Å². The molecule has 0 aliphatic rings. The second kappa shape index (κ2) is 6.35. The minimum atomic E-state index is -0.162. The third kappa shape index (κ3) is 3.47. The van der Waals surface area contributed by atoms with Gasteiger partial charge in [-0.3, -0.25) is 9.48 Å². The summed E-state index contributed by atoms with van der Waals surface area (Å²) in [5, 5.41) is 7.15. The maximum Gasteiger partial charge on any atom is 0.237 e. The molecule has 2 aromatic rings. The fourth-order valence-electron chi connectivity index (χ4n) is 2.11. The van der Waals surface area contributed by atoms with Crippen molar-refractivity contribution in [3.63, 3.8) is 0 Å². The third-order valence-electron chi connectivity index (χ3n) is 3.52. The summed E-state index contributed by atoms with van der Waals surface area (Å²) < 4.78 is 1.78. The topological polar surface area (TPSA) is 46.9 Å². The minimum Gasteiger partial charge on any atom is -0.322 e. The molecule has 1 heterocycles. The molecule has 1 N–H and O–H groups in total. The predicted molar refractivity (Wildman–Crippen MR) is 87.8 cm³/mol. The largest absolute Gasteiger partial charge is 0.322 e. The van der Waals surface area contributed by atoms with Gasteiger partial charge < -0.3 is 5.32 Å². The number of anilines is 1. The van der Waals surface area contributed by atoms with E-state index in [1.807, 2.05) is 46.0 Å². The Morgan fingerprint density at radius 3 is 2.52 bits per heavy atom. The predicted octanol–water partition coefficient (Wildman–Crippen LogP) is 3.46. The van der Waals surface area contributed by atoms with Crippen LogP contribution in [-0.2, 0) is 11.8 Å². The fourth-order valence-corrected chi connectivity index (χ4v) is 3.07. The second-order valence-corrected chi connectivity index (χ2v) is 6.57. The maximum atomic E-state index is 12.4. The molecule has 0 saturated carbocycles. The van der Waals surface area contributed by atoms with Crippen LogP contribution in [-0.4, -0.2) is 20.9 Å². The van der Waals surface area contributed by atoms with Gasteiger partial charge in [0.2, 0.25) is 5.91 Å². The van der Waals surface area contributed by atoms with Crippen LogP contribution in [0.3, 0.4) is 0 Å². The number of aryl methyl sites for hydroxylation is 3. The van der Waals surface area contributed by atoms with Crippen LogP contribution in [0.25, 0.3) is 0 Å². The zero-order chi connectivity index (χ0) is 15.6. The molecule has 21 heavy (non-hydrogen) atoms. The Kier molecular flexibility index (Phi) is 4.73. The highest BCUT2D eigenvalue weighted by Gasteiger charge is 2.18. The van der Waals surface area contributed by atoms with Crippen molar-refractivity contribution in [1.82, 2.24) is 9.78 Å². The summed E-state index contributed by atoms with van der Waals surface area (Å²) in [7, 11) is 1.88. The molecule has 0 bridgehead atoms. The van der Waals surface area contributed by atoms with Gasteiger partial charge in [0.1, 0.15) is 0 Å². The van der Waals surface area contributed by atoms with Gasteiger partial charge in [-0.2, -0.15) is 5.10 Å². The Hall–Kier alpha value is -1.75. The molecule has 1 atom stereocenters. The number of hydrogen-bond donors (Lipinski definition) is 1. The van der Waals surface area contributed by atoms with Crippen LogP contribution in [0.5, 0.6) is 0 Å². The minimum absolute atomic E-state index is 0.00227. The standard InChI is InChI=1S/C16H21N3OS/c1-10-8-6-7-9-14(10)21-13(4)16(20)17-15-11(2)18-19(5)12(15)3/h6-9,13H,1-5H3,(H,17,20). The van der Waals surface area contributed by atoms with Gasteiger partial charge in [-0.05, 0) is 39.3 Å². The van der Waals surface area contributed by atoms with Crippen molar-refractivity contribution in [3.05, 3.63) is 41.2 Å². The summed E-state index contributed by atoms with van der Waals surface area (Å²) in [5.41, 5.74) is 3.82. The van der Waals surface area contributed by atoms with E-state index in [-0.39, 0.29) is 11.2 Å². The highest BCUT2D eigenvalue weighted by Crippen LogP contribution is 2.27. The highest BCUT2D eigenvalue weighted by molar-refractivity contribution is 8.00. The van der Waals surface area contributed by atoms with Gasteiger partial charge in [0.25, 0.3) is 0 Å². The lowest BCUT2D eigenvalue weighted by Gasteiger charge is -2.13. The molecule has 2 rings (SSSR count). The molecule has 1 aromatic heterocycles. The molecule has 112 valence electrons. The van der Waals surface area contributed by atoms with Gasteiger partial charge in [-0.25, -0.2) is 0 Å². The Morgan fingerprint density at radius 1 is 1.29 bits per heavy atom. The Morgan fingerprint density at radius 2 is 1.95 bits per heavy atom. The number of carbonyl (C=O) groups is 1. The van der Waals surface area contributed by atoms with E-state index in [0.717, 1.165) is 22.0 Å². The van der Waals surface area contributed by atoms with Crippen LogP contribution in [0, 0.1) is 20.8 Å². The molecule has 0 radical (unpaired) electrons. The van der Waals surface area contributed by atoms with Gasteiger partial charge >= 0.3 is 0 Å². The van der Waals surface area contributed by atoms with E-state index in [4.69, 9.17) is 0 Å². The summed E-state index contributed by atoms with van der Waals surface area (Å²) in [6, 6.07) is 8.11. The van der Waals surface area contributed by atoms with Crippen LogP contribution in [0.15, 0.2) is 29.2 Å². The van der Waals surface area contributed by atoms with E-state index in [1.54, 1.807) is 16.4 Å². The van der Waals surface area contributed by atoms with E-state index in [9.17, 15) is 4.79 Å². The zero-order valence-corrected chi connectivity index (χ0v) is 13.9. The molecular weight excluding hydrogens is 282 g/mol. The van der Waals surface area contributed by atoms with Gasteiger partial charge in [-0.15, -0.1) is 11.8 Å². The highest BCUT2D eigenvalue weighted by atomic mass is 32.2. The first-order valence-corrected chi connectivity index (χ1v) is 7.81. The molecule has 1 aromatic carbocycles. The van der Waals surface area contributed by atoms with Crippen LogP contribution < -0.4 is 5.32 Å². The number of carbonyl (C=O) groups excluding carboxylic acids is 1. The van der Waals surface area contributed by atoms with Crippen molar-refractivity contribution in [3.8, 4) is 0 Å². The average Bonchev–Trinajstić information content (AvgIpc) is 2.67. The van der Waals surface area contributed by atoms with Crippen molar-refractivity contribution >= 4 is 23.4 Å².